The van der Waals surface area contributed by atoms with E-state index in [1.54, 1.807) is 10.6 Å². The normalized spacial score (nSPS) is 13.6. The zero-order valence-electron chi connectivity index (χ0n) is 15.6. The summed E-state index contributed by atoms with van der Waals surface area (Å²) in [6, 6.07) is 10.4. The van der Waals surface area contributed by atoms with Crippen molar-refractivity contribution in [3.63, 3.8) is 0 Å². The summed E-state index contributed by atoms with van der Waals surface area (Å²) in [5.74, 6) is 0.237. The molecule has 144 valence electrons. The summed E-state index contributed by atoms with van der Waals surface area (Å²) in [7, 11) is 0. The SMILES string of the molecule is C=CCn1c(SCC(=O)NC2CC2)nc2sc(-c3ccccc3)c(C)c2c1=O. The fourth-order valence-electron chi connectivity index (χ4n) is 3.09. The quantitative estimate of drug-likeness (QED) is 0.363. The van der Waals surface area contributed by atoms with Crippen LogP contribution in [0.2, 0.25) is 0 Å². The summed E-state index contributed by atoms with van der Waals surface area (Å²) >= 11 is 2.83. The van der Waals surface area contributed by atoms with Gasteiger partial charge in [0.25, 0.3) is 5.56 Å². The second-order valence-electron chi connectivity index (χ2n) is 6.83. The van der Waals surface area contributed by atoms with E-state index in [0.717, 1.165) is 28.8 Å². The Morgan fingerprint density at radius 1 is 1.39 bits per heavy atom. The molecule has 0 bridgehead atoms. The average molecular weight is 412 g/mol. The number of aromatic nitrogens is 2. The lowest BCUT2D eigenvalue weighted by atomic mass is 10.1. The van der Waals surface area contributed by atoms with Crippen LogP contribution in [0, 0.1) is 6.92 Å². The second-order valence-corrected chi connectivity index (χ2v) is 8.77. The first-order valence-electron chi connectivity index (χ1n) is 9.21. The molecule has 1 fully saturated rings. The van der Waals surface area contributed by atoms with Crippen LogP contribution in [0.25, 0.3) is 20.7 Å². The van der Waals surface area contributed by atoms with Crippen LogP contribution in [0.5, 0.6) is 0 Å². The number of carbonyl (C=O) groups is 1. The number of carbonyl (C=O) groups excluding carboxylic acids is 1. The Hall–Kier alpha value is -2.38. The standard InChI is InChI=1S/C21H21N3O2S2/c1-3-11-24-20(26)17-13(2)18(14-7-5-4-6-8-14)28-19(17)23-21(24)27-12-16(25)22-15-9-10-15/h3-8,15H,1,9-12H2,2H3,(H,22,25). The maximum atomic E-state index is 13.2. The Labute approximate surface area is 171 Å². The van der Waals surface area contributed by atoms with Gasteiger partial charge < -0.3 is 5.32 Å². The minimum atomic E-state index is -0.0778. The predicted molar refractivity (Wildman–Crippen MR) is 116 cm³/mol. The Bertz CT molecular complexity index is 1100. The number of thioether (sulfide) groups is 1. The fraction of sp³-hybridized carbons (Fsp3) is 0.286. The van der Waals surface area contributed by atoms with Gasteiger partial charge in [0.05, 0.1) is 11.1 Å². The van der Waals surface area contributed by atoms with E-state index in [1.165, 1.54) is 23.1 Å². The summed E-state index contributed by atoms with van der Waals surface area (Å²) in [6.07, 6.45) is 3.79. The number of amides is 1. The number of benzene rings is 1. The Balaban J connectivity index is 1.74. The third-order valence-corrected chi connectivity index (χ3v) is 6.85. The van der Waals surface area contributed by atoms with Crippen LogP contribution in [-0.4, -0.2) is 27.3 Å². The molecule has 0 saturated heterocycles. The Morgan fingerprint density at radius 3 is 2.82 bits per heavy atom. The number of hydrogen-bond acceptors (Lipinski definition) is 5. The van der Waals surface area contributed by atoms with Crippen molar-refractivity contribution in [1.82, 2.24) is 14.9 Å². The highest BCUT2D eigenvalue weighted by molar-refractivity contribution is 7.99. The molecule has 5 nitrogen and oxygen atoms in total. The molecule has 4 rings (SSSR count). The first-order valence-corrected chi connectivity index (χ1v) is 11.0. The maximum Gasteiger partial charge on any atom is 0.263 e. The minimum Gasteiger partial charge on any atom is -0.353 e. The highest BCUT2D eigenvalue weighted by Crippen LogP contribution is 2.36. The molecule has 0 radical (unpaired) electrons. The van der Waals surface area contributed by atoms with Gasteiger partial charge >= 0.3 is 0 Å². The molecule has 1 aliphatic carbocycles. The molecule has 1 N–H and O–H groups in total. The lowest BCUT2D eigenvalue weighted by molar-refractivity contribution is -0.118. The monoisotopic (exact) mass is 411 g/mol. The van der Waals surface area contributed by atoms with Gasteiger partial charge in [0.2, 0.25) is 5.91 Å². The molecule has 1 aliphatic rings. The molecule has 0 spiro atoms. The highest BCUT2D eigenvalue weighted by Gasteiger charge is 2.24. The lowest BCUT2D eigenvalue weighted by Crippen LogP contribution is -2.28. The number of aryl methyl sites for hydroxylation is 1. The van der Waals surface area contributed by atoms with Gasteiger partial charge in [0, 0.05) is 17.5 Å². The van der Waals surface area contributed by atoms with E-state index in [4.69, 9.17) is 4.98 Å². The molecule has 2 heterocycles. The Morgan fingerprint density at radius 2 is 2.14 bits per heavy atom. The lowest BCUT2D eigenvalue weighted by Gasteiger charge is -2.10. The predicted octanol–water partition coefficient (Wildman–Crippen LogP) is 3.99. The third-order valence-electron chi connectivity index (χ3n) is 4.64. The van der Waals surface area contributed by atoms with Gasteiger partial charge in [-0.2, -0.15) is 0 Å². The molecule has 1 saturated carbocycles. The maximum absolute atomic E-state index is 13.2. The molecule has 7 heteroatoms. The first kappa shape index (κ1) is 19.0. The van der Waals surface area contributed by atoms with Gasteiger partial charge in [0.15, 0.2) is 5.16 Å². The fourth-order valence-corrected chi connectivity index (χ4v) is 5.14. The van der Waals surface area contributed by atoms with Crippen LogP contribution >= 0.6 is 23.1 Å². The zero-order chi connectivity index (χ0) is 19.7. The highest BCUT2D eigenvalue weighted by atomic mass is 32.2. The van der Waals surface area contributed by atoms with Crippen molar-refractivity contribution in [2.75, 3.05) is 5.75 Å². The molecule has 28 heavy (non-hydrogen) atoms. The van der Waals surface area contributed by atoms with Gasteiger partial charge in [-0.1, -0.05) is 48.2 Å². The molecule has 1 aromatic carbocycles. The first-order chi connectivity index (χ1) is 13.6. The van der Waals surface area contributed by atoms with Crippen molar-refractivity contribution in [2.45, 2.75) is 37.5 Å². The Kier molecular flexibility index (Phi) is 5.37. The molecular formula is C21H21N3O2S2. The van der Waals surface area contributed by atoms with Crippen molar-refractivity contribution in [3.8, 4) is 10.4 Å². The largest absolute Gasteiger partial charge is 0.353 e. The van der Waals surface area contributed by atoms with Crippen LogP contribution in [0.1, 0.15) is 18.4 Å². The van der Waals surface area contributed by atoms with Crippen molar-refractivity contribution >= 4 is 39.2 Å². The number of hydrogen-bond donors (Lipinski definition) is 1. The van der Waals surface area contributed by atoms with Gasteiger partial charge in [-0.05, 0) is 30.9 Å². The van der Waals surface area contributed by atoms with Crippen molar-refractivity contribution < 1.29 is 4.79 Å². The van der Waals surface area contributed by atoms with Crippen LogP contribution in [0.4, 0.5) is 0 Å². The number of nitrogens with zero attached hydrogens (tertiary/aromatic N) is 2. The third kappa shape index (κ3) is 3.77. The summed E-state index contributed by atoms with van der Waals surface area (Å²) < 4.78 is 1.61. The minimum absolute atomic E-state index is 0.0145. The molecule has 0 atom stereocenters. The van der Waals surface area contributed by atoms with E-state index >= 15 is 0 Å². The van der Waals surface area contributed by atoms with Crippen LogP contribution in [-0.2, 0) is 11.3 Å². The van der Waals surface area contributed by atoms with Gasteiger partial charge in [-0.15, -0.1) is 17.9 Å². The second kappa shape index (κ2) is 7.93. The van der Waals surface area contributed by atoms with Crippen LogP contribution in [0.3, 0.4) is 0 Å². The van der Waals surface area contributed by atoms with Crippen LogP contribution in [0.15, 0.2) is 52.9 Å². The molecule has 3 aromatic rings. The number of nitrogens with one attached hydrogen (secondary N) is 1. The van der Waals surface area contributed by atoms with E-state index in [1.807, 2.05) is 37.3 Å². The van der Waals surface area contributed by atoms with E-state index in [2.05, 4.69) is 11.9 Å². The number of rotatable bonds is 7. The topological polar surface area (TPSA) is 64.0 Å². The molecule has 0 aliphatic heterocycles. The molecule has 0 unspecified atom stereocenters. The van der Waals surface area contributed by atoms with Gasteiger partial charge in [0.1, 0.15) is 4.83 Å². The molecular weight excluding hydrogens is 390 g/mol. The van der Waals surface area contributed by atoms with E-state index in [-0.39, 0.29) is 17.2 Å². The zero-order valence-corrected chi connectivity index (χ0v) is 17.2. The van der Waals surface area contributed by atoms with Crippen molar-refractivity contribution in [3.05, 3.63) is 58.9 Å². The van der Waals surface area contributed by atoms with E-state index in [0.29, 0.717) is 28.0 Å². The smallest absolute Gasteiger partial charge is 0.263 e. The summed E-state index contributed by atoms with van der Waals surface area (Å²) in [5, 5.41) is 4.18. The summed E-state index contributed by atoms with van der Waals surface area (Å²) in [6.45, 7) is 6.10. The molecule has 1 amide bonds. The average Bonchev–Trinajstić information content (AvgIpc) is 3.44. The summed E-state index contributed by atoms with van der Waals surface area (Å²) in [4.78, 5) is 31.8. The van der Waals surface area contributed by atoms with E-state index < -0.39 is 0 Å². The van der Waals surface area contributed by atoms with Gasteiger partial charge in [-0.3, -0.25) is 14.2 Å². The van der Waals surface area contributed by atoms with Crippen molar-refractivity contribution in [2.24, 2.45) is 0 Å². The number of fused-ring (bicyclic) bond motifs is 1. The summed E-state index contributed by atoms with van der Waals surface area (Å²) in [5.41, 5.74) is 1.95. The van der Waals surface area contributed by atoms with E-state index in [9.17, 15) is 9.59 Å². The molecule has 2 aromatic heterocycles. The number of thiophene rings is 1. The van der Waals surface area contributed by atoms with Crippen molar-refractivity contribution in [1.29, 1.82) is 0 Å². The number of allylic oxidation sites excluding steroid dienone is 1. The van der Waals surface area contributed by atoms with Gasteiger partial charge in [-0.25, -0.2) is 4.98 Å². The van der Waals surface area contributed by atoms with Crippen LogP contribution < -0.4 is 10.9 Å².